The number of ether oxygens (including phenoxy) is 3. The lowest BCUT2D eigenvalue weighted by molar-refractivity contribution is -0.129. The van der Waals surface area contributed by atoms with Crippen molar-refractivity contribution >= 4 is 5.91 Å². The molecule has 1 heterocycles. The Morgan fingerprint density at radius 3 is 2.55 bits per heavy atom. The molecule has 0 aromatic heterocycles. The average Bonchev–Trinajstić information content (AvgIpc) is 2.77. The molecule has 1 aliphatic rings. The molecule has 5 nitrogen and oxygen atoms in total. The molecule has 1 aliphatic heterocycles. The van der Waals surface area contributed by atoms with E-state index < -0.39 is 6.10 Å². The Labute approximate surface area is 173 Å². The molecule has 0 bridgehead atoms. The number of fused-ring (bicyclic) bond motifs is 1. The van der Waals surface area contributed by atoms with E-state index in [1.54, 1.807) is 13.2 Å². The highest BCUT2D eigenvalue weighted by Gasteiger charge is 2.39. The zero-order valence-electron chi connectivity index (χ0n) is 17.7. The van der Waals surface area contributed by atoms with Crippen molar-refractivity contribution in [3.8, 4) is 17.2 Å². The number of hydrogen-bond donors (Lipinski definition) is 1. The van der Waals surface area contributed by atoms with Crippen molar-refractivity contribution in [2.75, 3.05) is 7.11 Å². The Balaban J connectivity index is 1.78. The largest absolute Gasteiger partial charge is 0.497 e. The molecule has 3 rings (SSSR count). The summed E-state index contributed by atoms with van der Waals surface area (Å²) < 4.78 is 17.6. The van der Waals surface area contributed by atoms with Gasteiger partial charge >= 0.3 is 0 Å². The monoisotopic (exact) mass is 397 g/mol. The van der Waals surface area contributed by atoms with Crippen LogP contribution in [0.15, 0.2) is 48.5 Å². The Hall–Kier alpha value is -2.69. The molecule has 0 saturated carbocycles. The Morgan fingerprint density at radius 1 is 1.14 bits per heavy atom. The lowest BCUT2D eigenvalue weighted by Crippen LogP contribution is -2.47. The first kappa shape index (κ1) is 21.0. The van der Waals surface area contributed by atoms with Gasteiger partial charge in [0.2, 0.25) is 0 Å². The van der Waals surface area contributed by atoms with Crippen molar-refractivity contribution in [1.82, 2.24) is 5.32 Å². The molecule has 0 spiro atoms. The molecule has 5 heteroatoms. The van der Waals surface area contributed by atoms with Crippen molar-refractivity contribution in [3.63, 3.8) is 0 Å². The number of amides is 1. The lowest BCUT2D eigenvalue weighted by Gasteiger charge is -2.42. The van der Waals surface area contributed by atoms with Gasteiger partial charge in [-0.05, 0) is 37.5 Å². The van der Waals surface area contributed by atoms with E-state index in [-0.39, 0.29) is 17.6 Å². The number of carbonyl (C=O) groups is 1. The van der Waals surface area contributed by atoms with Gasteiger partial charge in [0.25, 0.3) is 5.91 Å². The van der Waals surface area contributed by atoms with Crippen molar-refractivity contribution in [3.05, 3.63) is 54.1 Å². The first-order chi connectivity index (χ1) is 14.0. The first-order valence-corrected chi connectivity index (χ1v) is 10.4. The highest BCUT2D eigenvalue weighted by atomic mass is 16.5. The number of benzene rings is 2. The van der Waals surface area contributed by atoms with Gasteiger partial charge in [-0.1, -0.05) is 45.0 Å². The van der Waals surface area contributed by atoms with E-state index in [1.165, 1.54) is 0 Å². The van der Waals surface area contributed by atoms with Crippen LogP contribution in [0, 0.1) is 0 Å². The first-order valence-electron chi connectivity index (χ1n) is 10.4. The summed E-state index contributed by atoms with van der Waals surface area (Å²) in [6, 6.07) is 15.2. The molecule has 0 aliphatic carbocycles. The summed E-state index contributed by atoms with van der Waals surface area (Å²) in [5, 5.41) is 3.22. The molecule has 156 valence electrons. The van der Waals surface area contributed by atoms with Gasteiger partial charge in [-0.25, -0.2) is 0 Å². The van der Waals surface area contributed by atoms with Crippen LogP contribution in [0.4, 0.5) is 0 Å². The van der Waals surface area contributed by atoms with Crippen LogP contribution in [0.3, 0.4) is 0 Å². The van der Waals surface area contributed by atoms with Gasteiger partial charge in [0.15, 0.2) is 6.10 Å². The summed E-state index contributed by atoms with van der Waals surface area (Å²) in [5.74, 6) is 2.06. The molecule has 0 fully saturated rings. The highest BCUT2D eigenvalue weighted by Crippen LogP contribution is 2.42. The molecule has 1 N–H and O–H groups in total. The number of nitrogens with one attached hydrogen (secondary N) is 1. The van der Waals surface area contributed by atoms with Crippen molar-refractivity contribution in [1.29, 1.82) is 0 Å². The van der Waals surface area contributed by atoms with Crippen molar-refractivity contribution < 1.29 is 19.0 Å². The van der Waals surface area contributed by atoms with Crippen LogP contribution in [0.25, 0.3) is 0 Å². The maximum atomic E-state index is 13.1. The van der Waals surface area contributed by atoms with E-state index in [1.807, 2.05) is 49.4 Å². The van der Waals surface area contributed by atoms with E-state index >= 15 is 0 Å². The van der Waals surface area contributed by atoms with Crippen molar-refractivity contribution in [2.45, 2.75) is 64.2 Å². The maximum absolute atomic E-state index is 13.1. The maximum Gasteiger partial charge on any atom is 0.261 e. The summed E-state index contributed by atoms with van der Waals surface area (Å²) in [5.41, 5.74) is 0.761. The number of methoxy groups -OCH3 is 1. The van der Waals surface area contributed by atoms with Gasteiger partial charge < -0.3 is 19.5 Å². The summed E-state index contributed by atoms with van der Waals surface area (Å²) in [6.07, 6.45) is 2.53. The minimum Gasteiger partial charge on any atom is -0.497 e. The van der Waals surface area contributed by atoms with Gasteiger partial charge in [0.1, 0.15) is 22.8 Å². The van der Waals surface area contributed by atoms with Crippen LogP contribution in [0.5, 0.6) is 17.2 Å². The number of carbonyl (C=O) groups excluding carboxylic acids is 1. The topological polar surface area (TPSA) is 56.8 Å². The molecule has 2 atom stereocenters. The van der Waals surface area contributed by atoms with E-state index in [0.717, 1.165) is 30.6 Å². The minimum absolute atomic E-state index is 0.102. The molecule has 2 aromatic rings. The zero-order valence-corrected chi connectivity index (χ0v) is 17.7. The van der Waals surface area contributed by atoms with Crippen LogP contribution in [-0.4, -0.2) is 24.7 Å². The second-order valence-corrected chi connectivity index (χ2v) is 7.49. The second kappa shape index (κ2) is 9.21. The third-order valence-corrected chi connectivity index (χ3v) is 5.78. The quantitative estimate of drug-likeness (QED) is 0.677. The highest BCUT2D eigenvalue weighted by molar-refractivity contribution is 5.81. The summed E-state index contributed by atoms with van der Waals surface area (Å²) >= 11 is 0. The smallest absolute Gasteiger partial charge is 0.261 e. The third kappa shape index (κ3) is 4.66. The predicted octanol–water partition coefficient (Wildman–Crippen LogP) is 5.05. The van der Waals surface area contributed by atoms with E-state index in [2.05, 4.69) is 19.2 Å². The summed E-state index contributed by atoms with van der Waals surface area (Å²) in [7, 11) is 1.61. The van der Waals surface area contributed by atoms with Crippen LogP contribution < -0.4 is 19.5 Å². The van der Waals surface area contributed by atoms with Crippen LogP contribution in [-0.2, 0) is 4.79 Å². The van der Waals surface area contributed by atoms with Gasteiger partial charge in [0, 0.05) is 18.1 Å². The van der Waals surface area contributed by atoms with Crippen molar-refractivity contribution in [2.24, 2.45) is 0 Å². The molecular formula is C24H31NO4. The predicted molar refractivity (Wildman–Crippen MR) is 114 cm³/mol. The average molecular weight is 398 g/mol. The molecule has 29 heavy (non-hydrogen) atoms. The second-order valence-electron chi connectivity index (χ2n) is 7.49. The molecule has 0 radical (unpaired) electrons. The van der Waals surface area contributed by atoms with E-state index in [4.69, 9.17) is 14.2 Å². The summed E-state index contributed by atoms with van der Waals surface area (Å²) in [6.45, 7) is 6.22. The van der Waals surface area contributed by atoms with E-state index in [9.17, 15) is 4.79 Å². The standard InChI is InChI=1S/C24H31NO4/c1-5-21(28-18-12-10-11-17(15-18)27-4)23(26)25-20-16-24(6-2,7-3)29-22-14-9-8-13-19(20)22/h8-15,20-21H,5-7,16H2,1-4H3,(H,25,26)/t20-,21-/m0/s1. The molecule has 1 amide bonds. The van der Waals surface area contributed by atoms with Gasteiger partial charge in [-0.3, -0.25) is 4.79 Å². The van der Waals surface area contributed by atoms with Crippen LogP contribution >= 0.6 is 0 Å². The van der Waals surface area contributed by atoms with Gasteiger partial charge in [-0.2, -0.15) is 0 Å². The van der Waals surface area contributed by atoms with Gasteiger partial charge in [-0.15, -0.1) is 0 Å². The fraction of sp³-hybridized carbons (Fsp3) is 0.458. The fourth-order valence-corrected chi connectivity index (χ4v) is 3.86. The third-order valence-electron chi connectivity index (χ3n) is 5.78. The van der Waals surface area contributed by atoms with E-state index in [0.29, 0.717) is 17.9 Å². The molecule has 2 aromatic carbocycles. The number of hydrogen-bond acceptors (Lipinski definition) is 4. The summed E-state index contributed by atoms with van der Waals surface area (Å²) in [4.78, 5) is 13.1. The SMILES string of the molecule is CC[C@H](Oc1cccc(OC)c1)C(=O)N[C@H]1CC(CC)(CC)Oc2ccccc21. The number of para-hydroxylation sites is 1. The Bertz CT molecular complexity index is 831. The van der Waals surface area contributed by atoms with Crippen LogP contribution in [0.1, 0.15) is 58.1 Å². The Kier molecular flexibility index (Phi) is 6.68. The van der Waals surface area contributed by atoms with Crippen LogP contribution in [0.2, 0.25) is 0 Å². The Morgan fingerprint density at radius 2 is 1.86 bits per heavy atom. The molecule has 0 unspecified atom stereocenters. The fourth-order valence-electron chi connectivity index (χ4n) is 3.86. The zero-order chi connectivity index (χ0) is 20.9. The lowest BCUT2D eigenvalue weighted by atomic mass is 9.83. The minimum atomic E-state index is -0.574. The molecule has 0 saturated heterocycles. The number of rotatable bonds is 8. The normalized spacial score (nSPS) is 18.1. The van der Waals surface area contributed by atoms with Gasteiger partial charge in [0.05, 0.1) is 13.2 Å². The molecular weight excluding hydrogens is 366 g/mol.